The summed E-state index contributed by atoms with van der Waals surface area (Å²) in [5, 5.41) is 2.14. The predicted octanol–water partition coefficient (Wildman–Crippen LogP) is 1.80. The van der Waals surface area contributed by atoms with Gasteiger partial charge in [-0.2, -0.15) is 11.8 Å². The van der Waals surface area contributed by atoms with Gasteiger partial charge in [-0.1, -0.05) is 0 Å². The van der Waals surface area contributed by atoms with Crippen molar-refractivity contribution >= 4 is 18.0 Å². The molecule has 0 radical (unpaired) electrons. The second-order valence-corrected chi connectivity index (χ2v) is 5.73. The minimum atomic E-state index is 0.334. The number of thioether (sulfide) groups is 1. The molecule has 0 saturated heterocycles. The third-order valence-electron chi connectivity index (χ3n) is 3.55. The van der Waals surface area contributed by atoms with Crippen molar-refractivity contribution in [2.45, 2.75) is 12.2 Å². The minimum Gasteiger partial charge on any atom is -0.336 e. The molecule has 0 bridgehead atoms. The summed E-state index contributed by atoms with van der Waals surface area (Å²) in [5.41, 5.74) is 3.53. The lowest BCUT2D eigenvalue weighted by molar-refractivity contribution is -0.0965. The first kappa shape index (κ1) is 12.6. The van der Waals surface area contributed by atoms with Crippen LogP contribution in [-0.2, 0) is 4.84 Å². The second kappa shape index (κ2) is 4.61. The lowest BCUT2D eigenvalue weighted by atomic mass is 10.1. The molecule has 0 aliphatic carbocycles. The fraction of sp³-hybridized carbons (Fsp3) is 0.462. The summed E-state index contributed by atoms with van der Waals surface area (Å²) in [6.07, 6.45) is 8.21. The number of rotatable bonds is 2. The van der Waals surface area contributed by atoms with Gasteiger partial charge < -0.3 is 9.80 Å². The van der Waals surface area contributed by atoms with Gasteiger partial charge in [0.05, 0.1) is 36.2 Å². The number of hydroxylamine groups is 2. The molecule has 5 nitrogen and oxygen atoms in total. The minimum absolute atomic E-state index is 0.334. The van der Waals surface area contributed by atoms with Gasteiger partial charge in [-0.15, -0.1) is 0 Å². The smallest absolute Gasteiger partial charge is 0.138 e. The van der Waals surface area contributed by atoms with Crippen LogP contribution >= 0.6 is 11.8 Å². The quantitative estimate of drug-likeness (QED) is 0.769. The van der Waals surface area contributed by atoms with Crippen LogP contribution in [0.4, 0.5) is 0 Å². The third-order valence-corrected chi connectivity index (χ3v) is 4.62. The van der Waals surface area contributed by atoms with Crippen LogP contribution in [0.25, 0.3) is 0 Å². The summed E-state index contributed by atoms with van der Waals surface area (Å²) in [7, 11) is 3.75. The van der Waals surface area contributed by atoms with Crippen molar-refractivity contribution in [3.63, 3.8) is 0 Å². The molecule has 0 N–H and O–H groups in total. The van der Waals surface area contributed by atoms with Crippen LogP contribution in [0.2, 0.25) is 0 Å². The average molecular weight is 278 g/mol. The standard InChI is InChI=1S/C13H18N4OS/c1-9-6-15(2)13-11(12(9)19-4)14-5-10-7-16(18-3)8-17(10)13/h5-7,12H,8H2,1-4H3. The molecule has 0 fully saturated rings. The monoisotopic (exact) mass is 278 g/mol. The van der Waals surface area contributed by atoms with E-state index in [4.69, 9.17) is 4.84 Å². The zero-order chi connectivity index (χ0) is 13.6. The van der Waals surface area contributed by atoms with Crippen molar-refractivity contribution in [3.8, 4) is 0 Å². The van der Waals surface area contributed by atoms with Crippen LogP contribution in [-0.4, -0.2) is 53.4 Å². The first-order valence-corrected chi connectivity index (χ1v) is 7.46. The van der Waals surface area contributed by atoms with Crippen molar-refractivity contribution in [3.05, 3.63) is 35.2 Å². The van der Waals surface area contributed by atoms with Gasteiger partial charge in [0.25, 0.3) is 0 Å². The van der Waals surface area contributed by atoms with E-state index in [9.17, 15) is 0 Å². The Hall–Kier alpha value is -1.40. The van der Waals surface area contributed by atoms with Crippen molar-refractivity contribution in [1.82, 2.24) is 14.9 Å². The van der Waals surface area contributed by atoms with E-state index in [1.165, 1.54) is 5.57 Å². The van der Waals surface area contributed by atoms with Crippen molar-refractivity contribution < 1.29 is 4.84 Å². The Morgan fingerprint density at radius 3 is 2.89 bits per heavy atom. The third kappa shape index (κ3) is 1.86. The van der Waals surface area contributed by atoms with E-state index < -0.39 is 0 Å². The Balaban J connectivity index is 2.01. The van der Waals surface area contributed by atoms with Gasteiger partial charge in [0.15, 0.2) is 0 Å². The molecule has 19 heavy (non-hydrogen) atoms. The van der Waals surface area contributed by atoms with Gasteiger partial charge in [-0.3, -0.25) is 9.83 Å². The molecular formula is C13H18N4OS. The molecule has 0 aromatic heterocycles. The van der Waals surface area contributed by atoms with E-state index >= 15 is 0 Å². The van der Waals surface area contributed by atoms with Gasteiger partial charge in [0.1, 0.15) is 12.5 Å². The highest BCUT2D eigenvalue weighted by molar-refractivity contribution is 7.99. The largest absolute Gasteiger partial charge is 0.336 e. The Kier molecular flexibility index (Phi) is 3.06. The number of hydrogen-bond donors (Lipinski definition) is 0. The predicted molar refractivity (Wildman–Crippen MR) is 78.0 cm³/mol. The summed E-state index contributed by atoms with van der Waals surface area (Å²) in [5.74, 6) is 1.15. The van der Waals surface area contributed by atoms with Crippen LogP contribution in [0, 0.1) is 0 Å². The lowest BCUT2D eigenvalue weighted by Crippen LogP contribution is -2.39. The molecule has 3 heterocycles. The topological polar surface area (TPSA) is 31.3 Å². The van der Waals surface area contributed by atoms with Crippen LogP contribution in [0.3, 0.4) is 0 Å². The van der Waals surface area contributed by atoms with Gasteiger partial charge in [-0.05, 0) is 18.8 Å². The van der Waals surface area contributed by atoms with Crippen molar-refractivity contribution in [1.29, 1.82) is 0 Å². The molecule has 0 amide bonds. The Morgan fingerprint density at radius 1 is 1.42 bits per heavy atom. The molecule has 3 aliphatic rings. The molecule has 3 rings (SSSR count). The Morgan fingerprint density at radius 2 is 2.21 bits per heavy atom. The molecule has 1 unspecified atom stereocenters. The Labute approximate surface area is 117 Å². The van der Waals surface area contributed by atoms with E-state index in [1.807, 2.05) is 29.2 Å². The van der Waals surface area contributed by atoms with Gasteiger partial charge >= 0.3 is 0 Å². The summed E-state index contributed by atoms with van der Waals surface area (Å²) in [6, 6.07) is 0. The first-order valence-electron chi connectivity index (χ1n) is 6.18. The molecule has 0 spiro atoms. The molecule has 0 aromatic carbocycles. The van der Waals surface area contributed by atoms with E-state index in [0.717, 1.165) is 17.2 Å². The summed E-state index contributed by atoms with van der Waals surface area (Å²) in [4.78, 5) is 14.3. The number of fused-ring (bicyclic) bond motifs is 2. The number of hydrogen-bond acceptors (Lipinski definition) is 6. The Bertz CT molecular complexity index is 523. The summed E-state index contributed by atoms with van der Waals surface area (Å²) >= 11 is 1.82. The molecular weight excluding hydrogens is 260 g/mol. The second-order valence-electron chi connectivity index (χ2n) is 4.79. The van der Waals surface area contributed by atoms with Crippen molar-refractivity contribution in [2.24, 2.45) is 4.99 Å². The maximum atomic E-state index is 5.28. The molecule has 102 valence electrons. The van der Waals surface area contributed by atoms with Gasteiger partial charge in [0.2, 0.25) is 0 Å². The van der Waals surface area contributed by atoms with E-state index in [0.29, 0.717) is 11.9 Å². The zero-order valence-corrected chi connectivity index (χ0v) is 12.4. The summed E-state index contributed by atoms with van der Waals surface area (Å²) in [6.45, 7) is 2.86. The number of allylic oxidation sites excluding steroid dienone is 1. The molecule has 6 heteroatoms. The SMILES string of the molecule is CON1C=C2C=NC3=C(N(C)C=C(C)C3SC)N2C1. The first-order chi connectivity index (χ1) is 9.15. The van der Waals surface area contributed by atoms with E-state index in [1.54, 1.807) is 7.11 Å². The van der Waals surface area contributed by atoms with Gasteiger partial charge in [-0.25, -0.2) is 5.06 Å². The number of aliphatic imine (C=N–C) groups is 1. The fourth-order valence-corrected chi connectivity index (χ4v) is 3.54. The number of nitrogens with zero attached hydrogens (tertiary/aromatic N) is 4. The molecule has 1 atom stereocenters. The highest BCUT2D eigenvalue weighted by Crippen LogP contribution is 2.38. The van der Waals surface area contributed by atoms with Gasteiger partial charge in [0, 0.05) is 13.2 Å². The highest BCUT2D eigenvalue weighted by Gasteiger charge is 2.35. The maximum Gasteiger partial charge on any atom is 0.138 e. The highest BCUT2D eigenvalue weighted by atomic mass is 32.2. The molecule has 3 aliphatic heterocycles. The van der Waals surface area contributed by atoms with Crippen molar-refractivity contribution in [2.75, 3.05) is 27.1 Å². The van der Waals surface area contributed by atoms with Crippen LogP contribution < -0.4 is 0 Å². The van der Waals surface area contributed by atoms with Crippen LogP contribution in [0.15, 0.2) is 40.2 Å². The fourth-order valence-electron chi connectivity index (χ4n) is 2.72. The molecule has 0 aromatic rings. The molecule has 0 saturated carbocycles. The summed E-state index contributed by atoms with van der Waals surface area (Å²) < 4.78 is 0. The van der Waals surface area contributed by atoms with Crippen LogP contribution in [0.1, 0.15) is 6.92 Å². The average Bonchev–Trinajstić information content (AvgIpc) is 2.81. The van der Waals surface area contributed by atoms with E-state index in [-0.39, 0.29) is 0 Å². The normalized spacial score (nSPS) is 25.5. The zero-order valence-electron chi connectivity index (χ0n) is 11.6. The van der Waals surface area contributed by atoms with Crippen LogP contribution in [0.5, 0.6) is 0 Å². The lowest BCUT2D eigenvalue weighted by Gasteiger charge is -2.38. The van der Waals surface area contributed by atoms with E-state index in [2.05, 4.69) is 41.2 Å². The maximum absolute atomic E-state index is 5.28.